The van der Waals surface area contributed by atoms with Crippen LogP contribution in [0.15, 0.2) is 53.4 Å². The molecule has 1 amide bonds. The molecule has 1 fully saturated rings. The molecule has 0 unspecified atom stereocenters. The first-order valence-electron chi connectivity index (χ1n) is 12.2. The fraction of sp³-hybridized carbons (Fsp3) is 0.480. The number of halogens is 2. The van der Waals surface area contributed by atoms with Crippen molar-refractivity contribution in [1.29, 1.82) is 0 Å². The molecular weight excluding hydrogens is 540 g/mol. The molecule has 38 heavy (non-hydrogen) atoms. The summed E-state index contributed by atoms with van der Waals surface area (Å²) < 4.78 is 85.8. The smallest absolute Gasteiger partial charge is 0.243 e. The van der Waals surface area contributed by atoms with Gasteiger partial charge in [-0.1, -0.05) is 12.1 Å². The second-order valence-corrected chi connectivity index (χ2v) is 13.2. The average molecular weight is 574 g/mol. The Bertz CT molecular complexity index is 1300. The molecule has 0 bridgehead atoms. The van der Waals surface area contributed by atoms with E-state index in [1.54, 1.807) is 6.07 Å². The normalized spacial score (nSPS) is 15.6. The molecule has 13 heteroatoms. The summed E-state index contributed by atoms with van der Waals surface area (Å²) in [5.41, 5.74) is 0.529. The monoisotopic (exact) mass is 573 g/mol. The highest BCUT2D eigenvalue weighted by Gasteiger charge is 2.35. The SMILES string of the molecule is CCS(=O)(=O)N(CCOC)CC(=O)N(Cc1cccc(F)c1)C1CCN(S(=O)(=O)c2ccc(F)cc2)CC1. The molecular formula is C25H33F2N3O6S2. The Morgan fingerprint density at radius 3 is 2.26 bits per heavy atom. The molecule has 1 heterocycles. The Morgan fingerprint density at radius 1 is 1.03 bits per heavy atom. The molecule has 0 aromatic heterocycles. The number of rotatable bonds is 12. The number of piperidine rings is 1. The summed E-state index contributed by atoms with van der Waals surface area (Å²) in [6.45, 7) is 1.44. The van der Waals surface area contributed by atoms with Crippen LogP contribution in [0, 0.1) is 11.6 Å². The predicted molar refractivity (Wildman–Crippen MR) is 138 cm³/mol. The zero-order chi connectivity index (χ0) is 27.9. The molecule has 3 rings (SSSR count). The summed E-state index contributed by atoms with van der Waals surface area (Å²) in [6, 6.07) is 9.96. The number of sulfonamides is 2. The third-order valence-electron chi connectivity index (χ3n) is 6.49. The highest BCUT2D eigenvalue weighted by atomic mass is 32.2. The lowest BCUT2D eigenvalue weighted by Gasteiger charge is -2.39. The van der Waals surface area contributed by atoms with Crippen LogP contribution in [0.1, 0.15) is 25.3 Å². The third-order valence-corrected chi connectivity index (χ3v) is 10.2. The fourth-order valence-corrected chi connectivity index (χ4v) is 6.83. The minimum absolute atomic E-state index is 0.000572. The lowest BCUT2D eigenvalue weighted by atomic mass is 10.0. The zero-order valence-corrected chi connectivity index (χ0v) is 23.1. The zero-order valence-electron chi connectivity index (χ0n) is 21.4. The first-order chi connectivity index (χ1) is 18.0. The van der Waals surface area contributed by atoms with E-state index in [-0.39, 0.29) is 43.4 Å². The van der Waals surface area contributed by atoms with Crippen LogP contribution in [-0.4, -0.2) is 87.9 Å². The van der Waals surface area contributed by atoms with Gasteiger partial charge in [-0.2, -0.15) is 8.61 Å². The Labute approximate surface area is 223 Å². The first kappa shape index (κ1) is 30.1. The van der Waals surface area contributed by atoms with Gasteiger partial charge in [0.15, 0.2) is 0 Å². The molecule has 0 radical (unpaired) electrons. The Balaban J connectivity index is 1.81. The number of nitrogens with zero attached hydrogens (tertiary/aromatic N) is 3. The van der Waals surface area contributed by atoms with Gasteiger partial charge in [0, 0.05) is 39.3 Å². The second kappa shape index (κ2) is 13.1. The number of amides is 1. The average Bonchev–Trinajstić information content (AvgIpc) is 2.90. The molecule has 0 spiro atoms. The molecule has 0 atom stereocenters. The van der Waals surface area contributed by atoms with Crippen LogP contribution in [0.2, 0.25) is 0 Å². The van der Waals surface area contributed by atoms with Crippen molar-refractivity contribution in [3.63, 3.8) is 0 Å². The van der Waals surface area contributed by atoms with Gasteiger partial charge in [0.1, 0.15) is 11.6 Å². The number of methoxy groups -OCH3 is 1. The van der Waals surface area contributed by atoms with Gasteiger partial charge in [-0.05, 0) is 61.7 Å². The molecule has 0 saturated carbocycles. The quantitative estimate of drug-likeness (QED) is 0.387. The first-order valence-corrected chi connectivity index (χ1v) is 15.3. The number of carbonyl (C=O) groups excluding carboxylic acids is 1. The van der Waals surface area contributed by atoms with Crippen molar-refractivity contribution in [1.82, 2.24) is 13.5 Å². The summed E-state index contributed by atoms with van der Waals surface area (Å²) in [5.74, 6) is -1.67. The number of benzene rings is 2. The van der Waals surface area contributed by atoms with Crippen molar-refractivity contribution in [2.24, 2.45) is 0 Å². The Morgan fingerprint density at radius 2 is 1.68 bits per heavy atom. The standard InChI is InChI=1S/C25H33F2N3O6S2/c1-3-37(32,33)29(15-16-36-2)19-25(31)30(18-20-5-4-6-22(27)17-20)23-11-13-28(14-12-23)38(34,35)24-9-7-21(26)8-10-24/h4-10,17,23H,3,11-16,18-19H2,1-2H3. The molecule has 1 saturated heterocycles. The highest BCUT2D eigenvalue weighted by Crippen LogP contribution is 2.25. The van der Waals surface area contributed by atoms with Gasteiger partial charge in [-0.15, -0.1) is 0 Å². The van der Waals surface area contributed by atoms with Crippen molar-refractivity contribution in [2.75, 3.05) is 45.6 Å². The molecule has 0 N–H and O–H groups in total. The van der Waals surface area contributed by atoms with E-state index in [1.165, 1.54) is 53.6 Å². The van der Waals surface area contributed by atoms with Crippen LogP contribution in [0.4, 0.5) is 8.78 Å². The molecule has 210 valence electrons. The second-order valence-electron chi connectivity index (χ2n) is 8.97. The number of hydrogen-bond donors (Lipinski definition) is 0. The minimum atomic E-state index is -3.85. The van der Waals surface area contributed by atoms with Gasteiger partial charge in [-0.3, -0.25) is 4.79 Å². The van der Waals surface area contributed by atoms with Crippen molar-refractivity contribution in [3.8, 4) is 0 Å². The maximum Gasteiger partial charge on any atom is 0.243 e. The van der Waals surface area contributed by atoms with E-state index in [0.717, 1.165) is 16.4 Å². The molecule has 2 aromatic rings. The number of carbonyl (C=O) groups is 1. The van der Waals surface area contributed by atoms with Crippen LogP contribution >= 0.6 is 0 Å². The molecule has 1 aliphatic rings. The highest BCUT2D eigenvalue weighted by molar-refractivity contribution is 7.89. The van der Waals surface area contributed by atoms with Gasteiger partial charge in [0.25, 0.3) is 0 Å². The van der Waals surface area contributed by atoms with E-state index in [9.17, 15) is 30.4 Å². The van der Waals surface area contributed by atoms with E-state index in [1.807, 2.05) is 0 Å². The number of hydrogen-bond acceptors (Lipinski definition) is 6. The van der Waals surface area contributed by atoms with Crippen molar-refractivity contribution >= 4 is 26.0 Å². The predicted octanol–water partition coefficient (Wildman–Crippen LogP) is 2.44. The van der Waals surface area contributed by atoms with Gasteiger partial charge in [0.2, 0.25) is 26.0 Å². The summed E-state index contributed by atoms with van der Waals surface area (Å²) in [5, 5.41) is 0. The van der Waals surface area contributed by atoms with Crippen molar-refractivity contribution < 1.29 is 35.1 Å². The topological polar surface area (TPSA) is 104 Å². The van der Waals surface area contributed by atoms with E-state index in [2.05, 4.69) is 0 Å². The summed E-state index contributed by atoms with van der Waals surface area (Å²) in [4.78, 5) is 15.0. The lowest BCUT2D eigenvalue weighted by Crippen LogP contribution is -2.51. The maximum absolute atomic E-state index is 13.9. The third kappa shape index (κ3) is 7.56. The van der Waals surface area contributed by atoms with E-state index >= 15 is 0 Å². The van der Waals surface area contributed by atoms with Crippen molar-refractivity contribution in [3.05, 3.63) is 65.7 Å². The molecule has 9 nitrogen and oxygen atoms in total. The van der Waals surface area contributed by atoms with Crippen LogP contribution in [0.3, 0.4) is 0 Å². The number of ether oxygens (including phenoxy) is 1. The largest absolute Gasteiger partial charge is 0.383 e. The van der Waals surface area contributed by atoms with E-state index in [0.29, 0.717) is 18.4 Å². The summed E-state index contributed by atoms with van der Waals surface area (Å²) in [7, 11) is -6.12. The molecule has 1 aliphatic heterocycles. The lowest BCUT2D eigenvalue weighted by molar-refractivity contribution is -0.135. The van der Waals surface area contributed by atoms with Crippen molar-refractivity contribution in [2.45, 2.75) is 37.2 Å². The summed E-state index contributed by atoms with van der Waals surface area (Å²) >= 11 is 0. The Hall–Kier alpha value is -2.45. The van der Waals surface area contributed by atoms with Crippen LogP contribution in [0.25, 0.3) is 0 Å². The van der Waals surface area contributed by atoms with E-state index in [4.69, 9.17) is 4.74 Å². The van der Waals surface area contributed by atoms with Crippen LogP contribution in [0.5, 0.6) is 0 Å². The van der Waals surface area contributed by atoms with Gasteiger partial charge in [-0.25, -0.2) is 25.6 Å². The summed E-state index contributed by atoms with van der Waals surface area (Å²) in [6.07, 6.45) is 0.583. The van der Waals surface area contributed by atoms with Gasteiger partial charge < -0.3 is 9.64 Å². The molecule has 0 aliphatic carbocycles. The molecule has 2 aromatic carbocycles. The Kier molecular flexibility index (Phi) is 10.4. The van der Waals surface area contributed by atoms with Crippen LogP contribution < -0.4 is 0 Å². The minimum Gasteiger partial charge on any atom is -0.383 e. The van der Waals surface area contributed by atoms with Gasteiger partial charge in [0.05, 0.1) is 23.8 Å². The maximum atomic E-state index is 13.9. The van der Waals surface area contributed by atoms with Gasteiger partial charge >= 0.3 is 0 Å². The van der Waals surface area contributed by atoms with E-state index < -0.39 is 50.2 Å². The fourth-order valence-electron chi connectivity index (χ4n) is 4.34. The van der Waals surface area contributed by atoms with Crippen LogP contribution in [-0.2, 0) is 36.1 Å².